The highest BCUT2D eigenvalue weighted by Gasteiger charge is 2.35. The van der Waals surface area contributed by atoms with Gasteiger partial charge in [0, 0.05) is 34.1 Å². The maximum absolute atomic E-state index is 13.5. The molecule has 2 unspecified atom stereocenters. The van der Waals surface area contributed by atoms with Crippen molar-refractivity contribution in [1.82, 2.24) is 20.2 Å². The van der Waals surface area contributed by atoms with Crippen LogP contribution in [0.5, 0.6) is 0 Å². The van der Waals surface area contributed by atoms with Crippen molar-refractivity contribution in [2.75, 3.05) is 13.1 Å². The van der Waals surface area contributed by atoms with E-state index in [-0.39, 0.29) is 5.91 Å². The molecule has 0 saturated carbocycles. The van der Waals surface area contributed by atoms with Gasteiger partial charge in [0.15, 0.2) is 5.69 Å². The van der Waals surface area contributed by atoms with Gasteiger partial charge in [-0.2, -0.15) is 5.10 Å². The van der Waals surface area contributed by atoms with Crippen molar-refractivity contribution in [3.8, 4) is 16.9 Å². The monoisotopic (exact) mass is 518 g/mol. The van der Waals surface area contributed by atoms with Crippen LogP contribution in [0, 0.1) is 11.8 Å². The second-order valence-corrected chi connectivity index (χ2v) is 11.5. The van der Waals surface area contributed by atoms with Gasteiger partial charge >= 0.3 is 0 Å². The van der Waals surface area contributed by atoms with E-state index in [1.807, 2.05) is 17.1 Å². The number of hydrogen-bond acceptors (Lipinski definition) is 4. The van der Waals surface area contributed by atoms with Gasteiger partial charge < -0.3 is 0 Å². The first-order valence-corrected chi connectivity index (χ1v) is 13.0. The molecule has 1 amide bonds. The lowest BCUT2D eigenvalue weighted by Crippen LogP contribution is -2.41. The number of amides is 1. The Morgan fingerprint density at radius 3 is 2.85 bits per heavy atom. The predicted octanol–water partition coefficient (Wildman–Crippen LogP) is 6.20. The highest BCUT2D eigenvalue weighted by Crippen LogP contribution is 2.42. The second-order valence-electron chi connectivity index (χ2n) is 8.86. The summed E-state index contributed by atoms with van der Waals surface area (Å²) >= 11 is 20.7. The Bertz CT molecular complexity index is 1300. The molecule has 5 nitrogen and oxygen atoms in total. The van der Waals surface area contributed by atoms with Crippen molar-refractivity contribution in [1.29, 1.82) is 0 Å². The molecule has 6 rings (SSSR count). The van der Waals surface area contributed by atoms with Gasteiger partial charge in [-0.25, -0.2) is 9.69 Å². The first-order valence-electron chi connectivity index (χ1n) is 11.1. The number of halogens is 3. The molecule has 0 radical (unpaired) electrons. The molecule has 1 aliphatic heterocycles. The summed E-state index contributed by atoms with van der Waals surface area (Å²) in [5, 5.41) is 7.87. The minimum absolute atomic E-state index is 0.177. The van der Waals surface area contributed by atoms with Gasteiger partial charge in [0.2, 0.25) is 0 Å². The lowest BCUT2D eigenvalue weighted by Gasteiger charge is -2.17. The van der Waals surface area contributed by atoms with Crippen molar-refractivity contribution < 1.29 is 4.79 Å². The number of carbonyl (C=O) groups is 1. The summed E-state index contributed by atoms with van der Waals surface area (Å²) in [4.78, 5) is 14.7. The molecular weight excluding hydrogens is 499 g/mol. The lowest BCUT2D eigenvalue weighted by molar-refractivity contribution is 0.0811. The van der Waals surface area contributed by atoms with E-state index in [0.717, 1.165) is 59.9 Å². The number of aryl methyl sites for hydroxylation is 1. The molecule has 2 atom stereocenters. The summed E-state index contributed by atoms with van der Waals surface area (Å²) in [5.74, 6) is 0.926. The summed E-state index contributed by atoms with van der Waals surface area (Å²) in [7, 11) is 0. The Balaban J connectivity index is 1.44. The van der Waals surface area contributed by atoms with E-state index in [2.05, 4.69) is 17.6 Å². The SMILES string of the molecule is O=C(NN1CC2C=CCC2C1)c1nn(-c2ccc(Cl)cc2Cl)c2c1CCCc1sc(Cl)cc1-2. The fraction of sp³-hybridized carbons (Fsp3) is 0.333. The van der Waals surface area contributed by atoms with Gasteiger partial charge in [0.1, 0.15) is 0 Å². The van der Waals surface area contributed by atoms with E-state index < -0.39 is 0 Å². The number of allylic oxidation sites excluding steroid dienone is 1. The van der Waals surface area contributed by atoms with Crippen molar-refractivity contribution in [3.05, 3.63) is 66.9 Å². The van der Waals surface area contributed by atoms with E-state index in [1.165, 1.54) is 4.88 Å². The van der Waals surface area contributed by atoms with Crippen LogP contribution in [-0.4, -0.2) is 33.8 Å². The molecule has 2 aromatic heterocycles. The van der Waals surface area contributed by atoms with Crippen molar-refractivity contribution in [2.45, 2.75) is 25.7 Å². The lowest BCUT2D eigenvalue weighted by atomic mass is 10.0. The van der Waals surface area contributed by atoms with Crippen LogP contribution in [0.1, 0.15) is 33.8 Å². The third-order valence-corrected chi connectivity index (χ3v) is 8.64. The van der Waals surface area contributed by atoms with Crippen LogP contribution in [0.25, 0.3) is 16.9 Å². The average Bonchev–Trinajstić information content (AvgIpc) is 3.49. The van der Waals surface area contributed by atoms with E-state index in [0.29, 0.717) is 33.3 Å². The van der Waals surface area contributed by atoms with Crippen LogP contribution in [0.15, 0.2) is 36.4 Å². The fourth-order valence-corrected chi connectivity index (χ4v) is 7.06. The van der Waals surface area contributed by atoms with E-state index in [4.69, 9.17) is 39.9 Å². The van der Waals surface area contributed by atoms with Crippen LogP contribution in [0.3, 0.4) is 0 Å². The molecule has 3 aliphatic rings. The van der Waals surface area contributed by atoms with Crippen molar-refractivity contribution in [3.63, 3.8) is 0 Å². The molecule has 1 N–H and O–H groups in total. The van der Waals surface area contributed by atoms with Gasteiger partial charge in [-0.3, -0.25) is 10.2 Å². The van der Waals surface area contributed by atoms with Gasteiger partial charge in [-0.05, 0) is 61.8 Å². The summed E-state index contributed by atoms with van der Waals surface area (Å²) < 4.78 is 2.52. The molecular formula is C24H21Cl3N4OS. The van der Waals surface area contributed by atoms with Crippen LogP contribution >= 0.6 is 46.1 Å². The topological polar surface area (TPSA) is 50.2 Å². The number of nitrogens with one attached hydrogen (secondary N) is 1. The number of carbonyl (C=O) groups excluding carboxylic acids is 1. The summed E-state index contributed by atoms with van der Waals surface area (Å²) in [6, 6.07) is 7.29. The van der Waals surface area contributed by atoms with E-state index in [1.54, 1.807) is 28.2 Å². The molecule has 1 saturated heterocycles. The Labute approximate surface area is 210 Å². The van der Waals surface area contributed by atoms with Crippen LogP contribution < -0.4 is 5.43 Å². The normalized spacial score (nSPS) is 21.5. The molecule has 170 valence electrons. The van der Waals surface area contributed by atoms with Gasteiger partial charge in [-0.15, -0.1) is 11.3 Å². The molecule has 0 bridgehead atoms. The number of hydrazine groups is 1. The first kappa shape index (κ1) is 21.7. The summed E-state index contributed by atoms with van der Waals surface area (Å²) in [6.45, 7) is 1.70. The Morgan fingerprint density at radius 2 is 2.03 bits per heavy atom. The van der Waals surface area contributed by atoms with Crippen LogP contribution in [-0.2, 0) is 12.8 Å². The highest BCUT2D eigenvalue weighted by molar-refractivity contribution is 7.16. The molecule has 1 aromatic carbocycles. The Hall–Kier alpha value is -1.83. The number of thiophene rings is 1. The summed E-state index contributed by atoms with van der Waals surface area (Å²) in [6.07, 6.45) is 8.19. The number of hydrogen-bond donors (Lipinski definition) is 1. The molecule has 3 aromatic rings. The standard InChI is InChI=1S/C24H21Cl3N4OS/c25-15-7-8-19(18(26)9-15)31-23-16(5-2-6-20-17(23)10-21(27)33-20)22(28-31)24(32)29-30-11-13-3-1-4-14(13)12-30/h1,3,7-10,13-14H,2,4-6,11-12H2,(H,29,32). The number of aromatic nitrogens is 2. The molecule has 1 fully saturated rings. The van der Waals surface area contributed by atoms with Crippen molar-refractivity contribution >= 4 is 52.0 Å². The van der Waals surface area contributed by atoms with Crippen LogP contribution in [0.2, 0.25) is 14.4 Å². The van der Waals surface area contributed by atoms with Crippen LogP contribution in [0.4, 0.5) is 0 Å². The average molecular weight is 520 g/mol. The Kier molecular flexibility index (Phi) is 5.54. The van der Waals surface area contributed by atoms with E-state index in [9.17, 15) is 4.79 Å². The minimum Gasteiger partial charge on any atom is -0.283 e. The molecule has 2 aliphatic carbocycles. The zero-order chi connectivity index (χ0) is 22.7. The third kappa shape index (κ3) is 3.82. The minimum atomic E-state index is -0.177. The van der Waals surface area contributed by atoms with Gasteiger partial charge in [0.05, 0.1) is 20.7 Å². The molecule has 0 spiro atoms. The Morgan fingerprint density at radius 1 is 1.15 bits per heavy atom. The molecule has 3 heterocycles. The van der Waals surface area contributed by atoms with Gasteiger partial charge in [-0.1, -0.05) is 47.0 Å². The number of fused-ring (bicyclic) bond motifs is 4. The highest BCUT2D eigenvalue weighted by atomic mass is 35.5. The number of rotatable bonds is 3. The second kappa shape index (κ2) is 8.43. The van der Waals surface area contributed by atoms with E-state index >= 15 is 0 Å². The number of nitrogens with zero attached hydrogens (tertiary/aromatic N) is 3. The third-order valence-electron chi connectivity index (χ3n) is 6.77. The molecule has 9 heteroatoms. The smallest absolute Gasteiger partial charge is 0.283 e. The first-order chi connectivity index (χ1) is 16.0. The molecule has 33 heavy (non-hydrogen) atoms. The maximum Gasteiger partial charge on any atom is 0.286 e. The zero-order valence-corrected chi connectivity index (χ0v) is 20.7. The quantitative estimate of drug-likeness (QED) is 0.419. The zero-order valence-electron chi connectivity index (χ0n) is 17.7. The summed E-state index contributed by atoms with van der Waals surface area (Å²) in [5.41, 5.74) is 7.10. The number of benzene rings is 1. The maximum atomic E-state index is 13.5. The predicted molar refractivity (Wildman–Crippen MR) is 134 cm³/mol. The van der Waals surface area contributed by atoms with Crippen molar-refractivity contribution in [2.24, 2.45) is 11.8 Å². The van der Waals surface area contributed by atoms with Gasteiger partial charge in [0.25, 0.3) is 5.91 Å². The largest absolute Gasteiger partial charge is 0.286 e. The fourth-order valence-electron chi connectivity index (χ4n) is 5.26.